The zero-order valence-corrected chi connectivity index (χ0v) is 18.8. The van der Waals surface area contributed by atoms with Crippen molar-refractivity contribution in [2.45, 2.75) is 32.1 Å². The molecule has 0 unspecified atom stereocenters. The molecule has 162 valence electrons. The van der Waals surface area contributed by atoms with Gasteiger partial charge in [0.2, 0.25) is 0 Å². The largest absolute Gasteiger partial charge is 0.303 e. The van der Waals surface area contributed by atoms with Gasteiger partial charge in [-0.25, -0.2) is 4.98 Å². The molecule has 2 heterocycles. The van der Waals surface area contributed by atoms with Gasteiger partial charge in [-0.1, -0.05) is 78.9 Å². The summed E-state index contributed by atoms with van der Waals surface area (Å²) in [6.07, 6.45) is 6.22. The zero-order chi connectivity index (χ0) is 21.6. The highest BCUT2D eigenvalue weighted by molar-refractivity contribution is 5.85. The van der Waals surface area contributed by atoms with Gasteiger partial charge in [0.05, 0.1) is 11.2 Å². The molecule has 2 nitrogen and oxygen atoms in total. The minimum Gasteiger partial charge on any atom is -0.303 e. The molecule has 0 bridgehead atoms. The van der Waals surface area contributed by atoms with Crippen molar-refractivity contribution >= 4 is 10.9 Å². The minimum absolute atomic E-state index is 0.829. The molecule has 0 atom stereocenters. The van der Waals surface area contributed by atoms with Gasteiger partial charge in [0, 0.05) is 17.5 Å². The number of aromatic nitrogens is 1. The first-order chi connectivity index (χ1) is 15.8. The minimum atomic E-state index is 0.829. The standard InChI is InChI=1S/C30H32N2/c1-3-9-24(10-4-1)17-20-32-21-18-25(19-22-32)15-16-27-23-30(26-11-5-2-6-12-26)31-29-14-8-7-13-28(27)29/h1-14,23,25H,15-22H2. The van der Waals surface area contributed by atoms with E-state index in [4.69, 9.17) is 4.98 Å². The van der Waals surface area contributed by atoms with Crippen LogP contribution in [0.25, 0.3) is 22.2 Å². The highest BCUT2D eigenvalue weighted by Crippen LogP contribution is 2.28. The third-order valence-electron chi connectivity index (χ3n) is 6.96. The van der Waals surface area contributed by atoms with Crippen molar-refractivity contribution in [1.29, 1.82) is 0 Å². The average Bonchev–Trinajstić information content (AvgIpc) is 2.87. The molecule has 1 aliphatic heterocycles. The predicted octanol–water partition coefficient (Wildman–Crippen LogP) is 6.79. The molecule has 32 heavy (non-hydrogen) atoms. The number of hydrogen-bond donors (Lipinski definition) is 0. The lowest BCUT2D eigenvalue weighted by molar-refractivity contribution is 0.181. The van der Waals surface area contributed by atoms with Gasteiger partial charge in [0.25, 0.3) is 0 Å². The van der Waals surface area contributed by atoms with Crippen LogP contribution < -0.4 is 0 Å². The highest BCUT2D eigenvalue weighted by Gasteiger charge is 2.19. The number of fused-ring (bicyclic) bond motifs is 1. The first-order valence-electron chi connectivity index (χ1n) is 12.1. The van der Waals surface area contributed by atoms with E-state index in [9.17, 15) is 0 Å². The normalized spacial score (nSPS) is 15.2. The van der Waals surface area contributed by atoms with Crippen LogP contribution in [0.3, 0.4) is 0 Å². The van der Waals surface area contributed by atoms with Crippen molar-refractivity contribution in [2.24, 2.45) is 5.92 Å². The molecule has 0 radical (unpaired) electrons. The summed E-state index contributed by atoms with van der Waals surface area (Å²) in [6.45, 7) is 3.67. The van der Waals surface area contributed by atoms with E-state index in [0.29, 0.717) is 0 Å². The Kier molecular flexibility index (Phi) is 6.60. The Morgan fingerprint density at radius 3 is 2.22 bits per heavy atom. The number of hydrogen-bond acceptors (Lipinski definition) is 2. The van der Waals surface area contributed by atoms with Crippen molar-refractivity contribution in [3.05, 3.63) is 102 Å². The summed E-state index contributed by atoms with van der Waals surface area (Å²) < 4.78 is 0. The first kappa shape index (κ1) is 20.9. The number of aryl methyl sites for hydroxylation is 1. The molecule has 0 saturated carbocycles. The molecule has 1 aliphatic rings. The van der Waals surface area contributed by atoms with Crippen LogP contribution in [0.15, 0.2) is 91.0 Å². The SMILES string of the molecule is c1ccc(CCN2CCC(CCc3cc(-c4ccccc4)nc4ccccc34)CC2)cc1. The fourth-order valence-electron chi connectivity index (χ4n) is 5.00. The zero-order valence-electron chi connectivity index (χ0n) is 18.8. The molecule has 0 amide bonds. The predicted molar refractivity (Wildman–Crippen MR) is 135 cm³/mol. The number of para-hydroxylation sites is 1. The second kappa shape index (κ2) is 10.1. The fourth-order valence-corrected chi connectivity index (χ4v) is 5.00. The Hall–Kier alpha value is -2.97. The lowest BCUT2D eigenvalue weighted by atomic mass is 9.89. The molecule has 1 fully saturated rings. The quantitative estimate of drug-likeness (QED) is 0.327. The topological polar surface area (TPSA) is 16.1 Å². The van der Waals surface area contributed by atoms with Crippen LogP contribution in [0, 0.1) is 5.92 Å². The molecule has 3 aromatic carbocycles. The number of benzene rings is 3. The van der Waals surface area contributed by atoms with Crippen LogP contribution >= 0.6 is 0 Å². The van der Waals surface area contributed by atoms with Crippen LogP contribution in [0.2, 0.25) is 0 Å². The molecule has 0 aliphatic carbocycles. The van der Waals surface area contributed by atoms with E-state index in [1.807, 2.05) is 0 Å². The van der Waals surface area contributed by atoms with Crippen LogP contribution in [-0.2, 0) is 12.8 Å². The summed E-state index contributed by atoms with van der Waals surface area (Å²) in [5.74, 6) is 0.829. The second-order valence-corrected chi connectivity index (χ2v) is 9.11. The molecule has 1 saturated heterocycles. The van der Waals surface area contributed by atoms with Gasteiger partial charge in [-0.3, -0.25) is 0 Å². The van der Waals surface area contributed by atoms with E-state index >= 15 is 0 Å². The highest BCUT2D eigenvalue weighted by atomic mass is 15.1. The molecule has 4 aromatic rings. The van der Waals surface area contributed by atoms with Crippen LogP contribution in [0.5, 0.6) is 0 Å². The molecule has 5 rings (SSSR count). The molecule has 0 N–H and O–H groups in total. The molecule has 2 heteroatoms. The van der Waals surface area contributed by atoms with Crippen molar-refractivity contribution in [1.82, 2.24) is 9.88 Å². The van der Waals surface area contributed by atoms with E-state index in [1.165, 1.54) is 61.0 Å². The first-order valence-corrected chi connectivity index (χ1v) is 12.1. The van der Waals surface area contributed by atoms with Crippen molar-refractivity contribution < 1.29 is 0 Å². The Labute approximate surface area is 191 Å². The van der Waals surface area contributed by atoms with E-state index in [1.54, 1.807) is 0 Å². The van der Waals surface area contributed by atoms with Gasteiger partial charge in [0.1, 0.15) is 0 Å². The van der Waals surface area contributed by atoms with Gasteiger partial charge in [-0.05, 0) is 74.4 Å². The molecule has 1 aromatic heterocycles. The third kappa shape index (κ3) is 5.08. The number of pyridine rings is 1. The number of piperidine rings is 1. The molecule has 0 spiro atoms. The smallest absolute Gasteiger partial charge is 0.0712 e. The maximum Gasteiger partial charge on any atom is 0.0712 e. The van der Waals surface area contributed by atoms with E-state index in [0.717, 1.165) is 30.0 Å². The van der Waals surface area contributed by atoms with Crippen LogP contribution in [0.1, 0.15) is 30.4 Å². The van der Waals surface area contributed by atoms with Crippen molar-refractivity contribution in [3.63, 3.8) is 0 Å². The number of likely N-dealkylation sites (tertiary alicyclic amines) is 1. The summed E-state index contributed by atoms with van der Waals surface area (Å²) in [4.78, 5) is 7.60. The van der Waals surface area contributed by atoms with Crippen LogP contribution in [-0.4, -0.2) is 29.5 Å². The lowest BCUT2D eigenvalue weighted by Gasteiger charge is -2.32. The van der Waals surface area contributed by atoms with Gasteiger partial charge in [-0.2, -0.15) is 0 Å². The van der Waals surface area contributed by atoms with Gasteiger partial charge >= 0.3 is 0 Å². The Bertz CT molecular complexity index is 1130. The summed E-state index contributed by atoms with van der Waals surface area (Å²) >= 11 is 0. The summed E-state index contributed by atoms with van der Waals surface area (Å²) in [5, 5.41) is 1.31. The summed E-state index contributed by atoms with van der Waals surface area (Å²) in [7, 11) is 0. The Morgan fingerprint density at radius 1 is 0.750 bits per heavy atom. The number of nitrogens with zero attached hydrogens (tertiary/aromatic N) is 2. The van der Waals surface area contributed by atoms with Gasteiger partial charge < -0.3 is 4.90 Å². The molecular weight excluding hydrogens is 388 g/mol. The maximum absolute atomic E-state index is 4.95. The summed E-state index contributed by atoms with van der Waals surface area (Å²) in [5.41, 5.74) is 6.30. The lowest BCUT2D eigenvalue weighted by Crippen LogP contribution is -2.35. The molecular formula is C30H32N2. The Morgan fingerprint density at radius 2 is 1.44 bits per heavy atom. The maximum atomic E-state index is 4.95. The van der Waals surface area contributed by atoms with E-state index < -0.39 is 0 Å². The second-order valence-electron chi connectivity index (χ2n) is 9.11. The monoisotopic (exact) mass is 420 g/mol. The fraction of sp³-hybridized carbons (Fsp3) is 0.300. The number of rotatable bonds is 7. The van der Waals surface area contributed by atoms with Crippen LogP contribution in [0.4, 0.5) is 0 Å². The Balaban J connectivity index is 1.21. The third-order valence-corrected chi connectivity index (χ3v) is 6.96. The van der Waals surface area contributed by atoms with Gasteiger partial charge in [-0.15, -0.1) is 0 Å². The van der Waals surface area contributed by atoms with E-state index in [-0.39, 0.29) is 0 Å². The summed E-state index contributed by atoms with van der Waals surface area (Å²) in [6, 6.07) is 32.4. The van der Waals surface area contributed by atoms with Gasteiger partial charge in [0.15, 0.2) is 0 Å². The van der Waals surface area contributed by atoms with E-state index in [2.05, 4.69) is 95.9 Å². The average molecular weight is 421 g/mol. The van der Waals surface area contributed by atoms with Crippen molar-refractivity contribution in [2.75, 3.05) is 19.6 Å². The van der Waals surface area contributed by atoms with Crippen molar-refractivity contribution in [3.8, 4) is 11.3 Å².